The molecule has 10 heterocycles. The van der Waals surface area contributed by atoms with E-state index in [2.05, 4.69) is 36.2 Å². The van der Waals surface area contributed by atoms with Crippen LogP contribution in [0.2, 0.25) is 0 Å². The lowest BCUT2D eigenvalue weighted by Gasteiger charge is -2.23. The average molecular weight is 1260 g/mol. The molecule has 0 radical (unpaired) electrons. The summed E-state index contributed by atoms with van der Waals surface area (Å²) in [6, 6.07) is 7.62. The fourth-order valence-electron chi connectivity index (χ4n) is 9.63. The van der Waals surface area contributed by atoms with Crippen LogP contribution in [-0.4, -0.2) is 129 Å². The van der Waals surface area contributed by atoms with Crippen LogP contribution < -0.4 is 32.7 Å². The molecule has 31 heteroatoms. The van der Waals surface area contributed by atoms with Crippen molar-refractivity contribution in [2.75, 3.05) is 19.7 Å². The molecule has 1 aromatic carbocycles. The molecule has 3 aliphatic heterocycles. The summed E-state index contributed by atoms with van der Waals surface area (Å²) in [6.07, 6.45) is -0.549. The number of aromatic nitrogens is 7. The Labute approximate surface area is 507 Å². The number of rotatable bonds is 10. The number of carbonyl (C=O) groups is 7. The zero-order valence-electron chi connectivity index (χ0n) is 45.1. The Balaban J connectivity index is 0.965. The van der Waals surface area contributed by atoms with Gasteiger partial charge in [0.1, 0.15) is 94.7 Å². The third-order valence-corrected chi connectivity index (χ3v) is 19.6. The van der Waals surface area contributed by atoms with Crippen LogP contribution in [0.1, 0.15) is 125 Å². The van der Waals surface area contributed by atoms with Crippen LogP contribution >= 0.6 is 68.0 Å². The van der Waals surface area contributed by atoms with Crippen LogP contribution in [-0.2, 0) is 30.5 Å². The van der Waals surface area contributed by atoms with Crippen LogP contribution in [0, 0.1) is 12.8 Å². The Bertz CT molecular complexity index is 3940. The quantitative estimate of drug-likeness (QED) is 0.0891. The lowest BCUT2D eigenvalue weighted by molar-refractivity contribution is -0.138. The molecule has 11 rings (SSSR count). The van der Waals surface area contributed by atoms with Gasteiger partial charge in [-0.25, -0.2) is 39.9 Å². The van der Waals surface area contributed by atoms with Gasteiger partial charge in [-0.3, -0.25) is 33.6 Å². The number of hydrogen-bond acceptors (Lipinski definition) is 24. The van der Waals surface area contributed by atoms with Crippen molar-refractivity contribution in [1.82, 2.24) is 61.1 Å². The Hall–Kier alpha value is -8.17. The van der Waals surface area contributed by atoms with E-state index in [4.69, 9.17) is 41.1 Å². The number of amides is 7. The van der Waals surface area contributed by atoms with Crippen LogP contribution in [0.4, 0.5) is 0 Å². The van der Waals surface area contributed by atoms with Crippen LogP contribution in [0.15, 0.2) is 69.0 Å². The molecule has 1 saturated heterocycles. The first-order valence-corrected chi connectivity index (χ1v) is 31.5. The summed E-state index contributed by atoms with van der Waals surface area (Å²) in [7, 11) is 0. The standard InChI is InChI=1S/C54H51N15O10S6/c1-22(2)37-53-68-40(34(16-70)85-53)45(76)57-15-36(72)65-41(42(73)24-8-5-4-6-9-24)52-64-32(21-83-52)50-61-29(18-81-50)39-25(48-62-30(19-80-48)44(75)59-27(14-35(55)71)51-67-38(23(3)84-51)46(77)66-37)11-12-26(58-39)49-63-31(20-82-49)47-60-28(17-79-47)54(78)69-13-7-10-33(69)43(56)74/h4-6,8-9,11-12,18-22,27-28,33,37,41-42,70,73H,7,10,13-17H2,1-3H3,(H2,55,71)(H2,56,74)(H,57,76)(H,59,75)(H,65,72)(H,66,77)/t27-,28+,33+,37-,41-,42-/m0/s1. The molecule has 0 spiro atoms. The maximum absolute atomic E-state index is 14.2. The van der Waals surface area contributed by atoms with E-state index in [-0.39, 0.29) is 57.7 Å². The molecule has 7 aromatic heterocycles. The van der Waals surface area contributed by atoms with E-state index in [1.54, 1.807) is 70.9 Å². The molecule has 8 aromatic rings. The van der Waals surface area contributed by atoms with Gasteiger partial charge in [0.05, 0.1) is 42.2 Å². The van der Waals surface area contributed by atoms with Gasteiger partial charge in [-0.2, -0.15) is 0 Å². The second-order valence-corrected chi connectivity index (χ2v) is 25.9. The van der Waals surface area contributed by atoms with Crippen molar-refractivity contribution < 1.29 is 48.5 Å². The SMILES string of the molecule is Cc1sc2nc1C(=O)N[C@@H](C(C)C)c1nc(c(CO)s1)C(=O)NCC(=O)N[C@@H]([C@@H](O)c1ccccc1)c1nc(cs1)-c1nc(cs1)-c1nc(-c3nc(C4=N[C@@H](C(=O)N5CCC[C@@H]5C(N)=O)CO4)cs3)ccc1-c1nc(cs1)C(=O)N[C@H]2CC(N)=O. The lowest BCUT2D eigenvalue weighted by atomic mass is 10.0. The van der Waals surface area contributed by atoms with Crippen molar-refractivity contribution in [3.63, 3.8) is 0 Å². The highest BCUT2D eigenvalue weighted by atomic mass is 32.1. The first-order valence-electron chi connectivity index (χ1n) is 26.3. The van der Waals surface area contributed by atoms with E-state index in [0.717, 1.165) is 34.0 Å². The maximum atomic E-state index is 14.2. The van der Waals surface area contributed by atoms with Gasteiger partial charge >= 0.3 is 0 Å². The number of aliphatic hydroxyl groups excluding tert-OH is 2. The molecular weight excluding hydrogens is 1210 g/mol. The summed E-state index contributed by atoms with van der Waals surface area (Å²) in [5, 5.41) is 42.4. The number of aryl methyl sites for hydroxylation is 1. The first-order chi connectivity index (χ1) is 40.9. The van der Waals surface area contributed by atoms with Gasteiger partial charge in [0.25, 0.3) is 23.6 Å². The summed E-state index contributed by atoms with van der Waals surface area (Å²) in [6.45, 7) is 4.53. The van der Waals surface area contributed by atoms with Gasteiger partial charge in [-0.05, 0) is 43.4 Å². The van der Waals surface area contributed by atoms with E-state index in [1.807, 2.05) is 13.8 Å². The number of nitrogens with zero attached hydrogens (tertiary/aromatic N) is 9. The van der Waals surface area contributed by atoms with Gasteiger partial charge in [0, 0.05) is 38.5 Å². The van der Waals surface area contributed by atoms with Crippen molar-refractivity contribution in [3.8, 4) is 43.4 Å². The van der Waals surface area contributed by atoms with E-state index in [0.29, 0.717) is 88.9 Å². The normalized spacial score (nSPS) is 19.8. The highest BCUT2D eigenvalue weighted by molar-refractivity contribution is 7.15. The molecule has 3 aliphatic rings. The van der Waals surface area contributed by atoms with Gasteiger partial charge in [0.15, 0.2) is 6.04 Å². The third-order valence-electron chi connectivity index (χ3n) is 13.9. The lowest BCUT2D eigenvalue weighted by Crippen LogP contribution is -2.47. The Morgan fingerprint density at radius 2 is 1.42 bits per heavy atom. The molecule has 7 amide bonds. The van der Waals surface area contributed by atoms with Gasteiger partial charge in [-0.15, -0.1) is 68.0 Å². The Morgan fingerprint density at radius 3 is 2.18 bits per heavy atom. The number of benzene rings is 1. The van der Waals surface area contributed by atoms with E-state index < -0.39 is 84.9 Å². The summed E-state index contributed by atoms with van der Waals surface area (Å²) < 4.78 is 5.88. The number of fused-ring (bicyclic) bond motifs is 14. The van der Waals surface area contributed by atoms with Crippen molar-refractivity contribution >= 4 is 115 Å². The molecule has 10 bridgehead atoms. The number of primary amides is 2. The number of aliphatic hydroxyl groups is 2. The number of nitrogens with two attached hydrogens (primary N) is 2. The molecule has 0 aliphatic carbocycles. The molecular formula is C54H51N15O10S6. The number of hydrogen-bond donors (Lipinski definition) is 8. The summed E-state index contributed by atoms with van der Waals surface area (Å²) in [5.41, 5.74) is 14.0. The van der Waals surface area contributed by atoms with Crippen molar-refractivity contribution in [2.45, 2.75) is 83.0 Å². The minimum Gasteiger partial charge on any atom is -0.473 e. The summed E-state index contributed by atoms with van der Waals surface area (Å²) >= 11 is 6.90. The number of pyridine rings is 1. The monoisotopic (exact) mass is 1260 g/mol. The molecule has 10 N–H and O–H groups in total. The second-order valence-electron chi connectivity index (χ2n) is 20.0. The van der Waals surface area contributed by atoms with Gasteiger partial charge in [-0.1, -0.05) is 44.2 Å². The molecule has 438 valence electrons. The number of carbonyl (C=O) groups excluding carboxylic acids is 7. The number of ether oxygens (including phenoxy) is 1. The number of nitrogens with one attached hydrogen (secondary N) is 4. The van der Waals surface area contributed by atoms with Gasteiger partial charge in [0.2, 0.25) is 23.6 Å². The van der Waals surface area contributed by atoms with E-state index >= 15 is 0 Å². The predicted molar refractivity (Wildman–Crippen MR) is 317 cm³/mol. The van der Waals surface area contributed by atoms with Gasteiger partial charge < -0.3 is 52.6 Å². The predicted octanol–water partition coefficient (Wildman–Crippen LogP) is 5.02. The van der Waals surface area contributed by atoms with Crippen molar-refractivity contribution in [2.24, 2.45) is 22.4 Å². The van der Waals surface area contributed by atoms with Crippen molar-refractivity contribution in [3.05, 3.63) is 117 Å². The molecule has 85 heavy (non-hydrogen) atoms. The smallest absolute Gasteiger partial charge is 0.271 e. The second kappa shape index (κ2) is 24.8. The number of aliphatic imine (C=N–C) groups is 1. The molecule has 0 unspecified atom stereocenters. The Kier molecular flexibility index (Phi) is 17.1. The molecule has 1 fully saturated rings. The maximum Gasteiger partial charge on any atom is 0.271 e. The van der Waals surface area contributed by atoms with Crippen LogP contribution in [0.5, 0.6) is 0 Å². The van der Waals surface area contributed by atoms with E-state index in [9.17, 15) is 43.8 Å². The highest BCUT2D eigenvalue weighted by Gasteiger charge is 2.39. The average Bonchev–Trinajstić information content (AvgIpc) is 2.90. The zero-order chi connectivity index (χ0) is 59.8. The third kappa shape index (κ3) is 12.4. The number of thiazole rings is 6. The fraction of sp³-hybridized carbons (Fsp3) is 0.315. The fourth-order valence-corrected chi connectivity index (χ4v) is 15.1. The number of likely N-dealkylation sites (tertiary alicyclic amines) is 1. The minimum atomic E-state index is -1.30. The highest BCUT2D eigenvalue weighted by Crippen LogP contribution is 2.40. The molecule has 0 saturated carbocycles. The Morgan fingerprint density at radius 1 is 0.718 bits per heavy atom. The van der Waals surface area contributed by atoms with Crippen LogP contribution in [0.25, 0.3) is 43.4 Å². The summed E-state index contributed by atoms with van der Waals surface area (Å²) in [4.78, 5) is 134. The zero-order valence-corrected chi connectivity index (χ0v) is 50.0. The van der Waals surface area contributed by atoms with Crippen molar-refractivity contribution in [1.29, 1.82) is 0 Å². The molecule has 6 atom stereocenters. The van der Waals surface area contributed by atoms with Crippen LogP contribution in [0.3, 0.4) is 0 Å². The van der Waals surface area contributed by atoms with E-state index in [1.165, 1.54) is 38.9 Å². The molecule has 25 nitrogen and oxygen atoms in total. The first kappa shape index (κ1) is 58.6. The largest absolute Gasteiger partial charge is 0.473 e. The summed E-state index contributed by atoms with van der Waals surface area (Å²) in [5.74, 6) is -4.56. The topological polar surface area (TPSA) is 375 Å². The minimum absolute atomic E-state index is 0.00376.